The molecule has 2 aromatic heterocycles. The van der Waals surface area contributed by atoms with Crippen molar-refractivity contribution in [3.63, 3.8) is 0 Å². The highest BCUT2D eigenvalue weighted by Gasteiger charge is 2.24. The molecule has 0 N–H and O–H groups in total. The van der Waals surface area contributed by atoms with E-state index in [4.69, 9.17) is 4.98 Å². The molecule has 0 saturated heterocycles. The van der Waals surface area contributed by atoms with Crippen molar-refractivity contribution in [2.45, 2.75) is 37.9 Å². The van der Waals surface area contributed by atoms with Crippen LogP contribution < -0.4 is 5.56 Å². The van der Waals surface area contributed by atoms with Crippen molar-refractivity contribution >= 4 is 33.3 Å². The fourth-order valence-electron chi connectivity index (χ4n) is 4.25. The minimum Gasteiger partial charge on any atom is -0.301 e. The zero-order valence-electron chi connectivity index (χ0n) is 18.5. The molecule has 0 aliphatic carbocycles. The Morgan fingerprint density at radius 2 is 1.88 bits per heavy atom. The lowest BCUT2D eigenvalue weighted by molar-refractivity contribution is 0.318. The van der Waals surface area contributed by atoms with Crippen LogP contribution in [-0.2, 0) is 19.4 Å². The molecule has 0 bridgehead atoms. The normalized spacial score (nSPS) is 14.1. The summed E-state index contributed by atoms with van der Waals surface area (Å²) in [6.45, 7) is 3.96. The summed E-state index contributed by atoms with van der Waals surface area (Å²) in [5, 5.41) is 1.62. The van der Waals surface area contributed by atoms with Gasteiger partial charge in [0.1, 0.15) is 4.83 Å². The Balaban J connectivity index is 1.52. The van der Waals surface area contributed by atoms with Gasteiger partial charge in [-0.1, -0.05) is 59.8 Å². The second-order valence-electron chi connectivity index (χ2n) is 8.48. The van der Waals surface area contributed by atoms with E-state index in [0.29, 0.717) is 0 Å². The predicted molar refractivity (Wildman–Crippen MR) is 135 cm³/mol. The summed E-state index contributed by atoms with van der Waals surface area (Å²) in [4.78, 5) is 23.3. The fourth-order valence-corrected chi connectivity index (χ4v) is 6.55. The monoisotopic (exact) mass is 461 g/mol. The second kappa shape index (κ2) is 9.22. The SMILES string of the molecule is Cc1ccc(-n2c(SCCCc3ccccc3)nc3sc4c(c3c2=O)CCN(C)C4)cc1. The van der Waals surface area contributed by atoms with Gasteiger partial charge in [-0.15, -0.1) is 11.3 Å². The Morgan fingerprint density at radius 3 is 2.66 bits per heavy atom. The molecule has 1 aliphatic rings. The van der Waals surface area contributed by atoms with Gasteiger partial charge in [-0.3, -0.25) is 9.36 Å². The first-order valence-electron chi connectivity index (χ1n) is 11.1. The number of aryl methyl sites for hydroxylation is 2. The third-order valence-electron chi connectivity index (χ3n) is 6.01. The van der Waals surface area contributed by atoms with Crippen LogP contribution in [0.2, 0.25) is 0 Å². The van der Waals surface area contributed by atoms with Gasteiger partial charge >= 0.3 is 0 Å². The Morgan fingerprint density at radius 1 is 1.09 bits per heavy atom. The maximum atomic E-state index is 13.8. The molecule has 4 nitrogen and oxygen atoms in total. The van der Waals surface area contributed by atoms with Crippen LogP contribution >= 0.6 is 23.1 Å². The summed E-state index contributed by atoms with van der Waals surface area (Å²) >= 11 is 3.38. The van der Waals surface area contributed by atoms with Gasteiger partial charge in [-0.05, 0) is 56.5 Å². The van der Waals surface area contributed by atoms with E-state index < -0.39 is 0 Å². The average molecular weight is 462 g/mol. The lowest BCUT2D eigenvalue weighted by atomic mass is 10.1. The Bertz CT molecular complexity index is 1290. The molecule has 164 valence electrons. The van der Waals surface area contributed by atoms with Gasteiger partial charge in [0.15, 0.2) is 5.16 Å². The Labute approximate surface area is 196 Å². The summed E-state index contributed by atoms with van der Waals surface area (Å²) in [5.41, 5.74) is 4.72. The van der Waals surface area contributed by atoms with Crippen molar-refractivity contribution in [2.24, 2.45) is 0 Å². The van der Waals surface area contributed by atoms with E-state index in [1.807, 2.05) is 16.7 Å². The van der Waals surface area contributed by atoms with Crippen molar-refractivity contribution < 1.29 is 0 Å². The van der Waals surface area contributed by atoms with Crippen LogP contribution in [0.3, 0.4) is 0 Å². The van der Waals surface area contributed by atoms with E-state index >= 15 is 0 Å². The molecule has 0 saturated carbocycles. The minimum atomic E-state index is 0.0754. The average Bonchev–Trinajstić information content (AvgIpc) is 3.16. The number of hydrogen-bond donors (Lipinski definition) is 0. The molecule has 0 atom stereocenters. The number of likely N-dealkylation sites (N-methyl/N-ethyl adjacent to an activating group) is 1. The lowest BCUT2D eigenvalue weighted by Gasteiger charge is -2.21. The number of hydrogen-bond acceptors (Lipinski definition) is 5. The Hall–Kier alpha value is -2.41. The molecule has 0 radical (unpaired) electrons. The largest absolute Gasteiger partial charge is 0.301 e. The van der Waals surface area contributed by atoms with Gasteiger partial charge in [-0.25, -0.2) is 4.98 Å². The molecule has 0 amide bonds. The zero-order chi connectivity index (χ0) is 22.1. The summed E-state index contributed by atoms with van der Waals surface area (Å²) in [6.07, 6.45) is 2.99. The molecule has 0 spiro atoms. The topological polar surface area (TPSA) is 38.1 Å². The van der Waals surface area contributed by atoms with Gasteiger partial charge in [0.05, 0.1) is 11.1 Å². The van der Waals surface area contributed by atoms with Gasteiger partial charge in [0.2, 0.25) is 0 Å². The predicted octanol–water partition coefficient (Wildman–Crippen LogP) is 5.47. The van der Waals surface area contributed by atoms with Gasteiger partial charge in [0, 0.05) is 23.7 Å². The third kappa shape index (κ3) is 4.27. The molecule has 0 unspecified atom stereocenters. The summed E-state index contributed by atoms with van der Waals surface area (Å²) in [5.74, 6) is 0.923. The van der Waals surface area contributed by atoms with E-state index in [9.17, 15) is 4.79 Å². The highest BCUT2D eigenvalue weighted by molar-refractivity contribution is 7.99. The van der Waals surface area contributed by atoms with Crippen molar-refractivity contribution in [3.05, 3.63) is 86.5 Å². The molecule has 6 heteroatoms. The van der Waals surface area contributed by atoms with E-state index in [-0.39, 0.29) is 5.56 Å². The number of thioether (sulfide) groups is 1. The smallest absolute Gasteiger partial charge is 0.267 e. The van der Waals surface area contributed by atoms with Crippen LogP contribution in [0.4, 0.5) is 0 Å². The summed E-state index contributed by atoms with van der Waals surface area (Å²) in [6, 6.07) is 18.8. The molecular formula is C26H27N3OS2. The first kappa shape index (κ1) is 21.4. The van der Waals surface area contributed by atoms with Crippen LogP contribution in [0.5, 0.6) is 0 Å². The number of aromatic nitrogens is 2. The molecule has 4 aromatic rings. The highest BCUT2D eigenvalue weighted by Crippen LogP contribution is 2.34. The molecule has 32 heavy (non-hydrogen) atoms. The van der Waals surface area contributed by atoms with Crippen molar-refractivity contribution in [3.8, 4) is 5.69 Å². The number of thiophene rings is 1. The molecular weight excluding hydrogens is 434 g/mol. The molecule has 5 rings (SSSR count). The van der Waals surface area contributed by atoms with Crippen LogP contribution in [0.25, 0.3) is 15.9 Å². The molecule has 3 heterocycles. The highest BCUT2D eigenvalue weighted by atomic mass is 32.2. The standard InChI is InChI=1S/C26H27N3OS2/c1-18-10-12-20(13-11-18)29-25(30)23-21-14-15-28(2)17-22(21)32-24(23)27-26(29)31-16-6-9-19-7-4-3-5-8-19/h3-5,7-8,10-13H,6,9,14-17H2,1-2H3. The second-order valence-corrected chi connectivity index (χ2v) is 10.6. The van der Waals surface area contributed by atoms with Crippen LogP contribution in [0.15, 0.2) is 64.5 Å². The maximum Gasteiger partial charge on any atom is 0.267 e. The quantitative estimate of drug-likeness (QED) is 0.217. The van der Waals surface area contributed by atoms with Gasteiger partial charge in [-0.2, -0.15) is 0 Å². The van der Waals surface area contributed by atoms with Crippen molar-refractivity contribution in [1.29, 1.82) is 0 Å². The maximum absolute atomic E-state index is 13.8. The number of benzene rings is 2. The molecule has 2 aromatic carbocycles. The van der Waals surface area contributed by atoms with Crippen molar-refractivity contribution in [1.82, 2.24) is 14.5 Å². The van der Waals surface area contributed by atoms with Crippen molar-refractivity contribution in [2.75, 3.05) is 19.3 Å². The minimum absolute atomic E-state index is 0.0754. The Kier molecular flexibility index (Phi) is 6.17. The van der Waals surface area contributed by atoms with E-state index in [1.165, 1.54) is 21.6 Å². The number of fused-ring (bicyclic) bond motifs is 3. The number of rotatable bonds is 6. The third-order valence-corrected chi connectivity index (χ3v) is 8.15. The fraction of sp³-hybridized carbons (Fsp3) is 0.308. The van der Waals surface area contributed by atoms with Gasteiger partial charge in [0.25, 0.3) is 5.56 Å². The van der Waals surface area contributed by atoms with Crippen LogP contribution in [-0.4, -0.2) is 33.8 Å². The lowest BCUT2D eigenvalue weighted by Crippen LogP contribution is -2.27. The van der Waals surface area contributed by atoms with E-state index in [1.54, 1.807) is 23.1 Å². The summed E-state index contributed by atoms with van der Waals surface area (Å²) < 4.78 is 1.83. The van der Waals surface area contributed by atoms with E-state index in [2.05, 4.69) is 61.3 Å². The molecule has 0 fully saturated rings. The number of nitrogens with zero attached hydrogens (tertiary/aromatic N) is 3. The summed E-state index contributed by atoms with van der Waals surface area (Å²) in [7, 11) is 2.14. The van der Waals surface area contributed by atoms with Crippen LogP contribution in [0, 0.1) is 6.92 Å². The van der Waals surface area contributed by atoms with E-state index in [0.717, 1.165) is 59.2 Å². The van der Waals surface area contributed by atoms with Crippen LogP contribution in [0.1, 0.15) is 28.0 Å². The zero-order valence-corrected chi connectivity index (χ0v) is 20.1. The van der Waals surface area contributed by atoms with Gasteiger partial charge < -0.3 is 4.90 Å². The first-order chi connectivity index (χ1) is 15.6. The molecule has 1 aliphatic heterocycles. The first-order valence-corrected chi connectivity index (χ1v) is 12.9.